The standard InChI is InChI=1S/C23H19F4N5O2/c1-13-3-4-20(14(2)7-13)34-12-31-6-5-19(30-31)23(33)29-15-9-28-32(10-15)11-16-17(24)8-18(25)22(27)21(16)26/h3-10H,11-12H2,1-2H3,(H,29,33). The first-order valence-corrected chi connectivity index (χ1v) is 10.1. The quantitative estimate of drug-likeness (QED) is 0.242. The fraction of sp³-hybridized carbons (Fsp3) is 0.174. The molecule has 4 aromatic rings. The fourth-order valence-electron chi connectivity index (χ4n) is 3.27. The van der Waals surface area contributed by atoms with Gasteiger partial charge < -0.3 is 10.1 Å². The van der Waals surface area contributed by atoms with Crippen LogP contribution in [0.5, 0.6) is 5.75 Å². The minimum absolute atomic E-state index is 0.0977. The number of hydrogen-bond acceptors (Lipinski definition) is 4. The van der Waals surface area contributed by atoms with Crippen molar-refractivity contribution in [1.29, 1.82) is 0 Å². The first-order valence-electron chi connectivity index (χ1n) is 10.1. The second-order valence-electron chi connectivity index (χ2n) is 7.61. The molecule has 0 aliphatic carbocycles. The molecule has 2 aromatic heterocycles. The zero-order chi connectivity index (χ0) is 24.4. The van der Waals surface area contributed by atoms with Gasteiger partial charge in [0.2, 0.25) is 0 Å². The van der Waals surface area contributed by atoms with E-state index in [-0.39, 0.29) is 24.2 Å². The normalized spacial score (nSPS) is 11.0. The van der Waals surface area contributed by atoms with E-state index in [1.807, 2.05) is 32.0 Å². The second kappa shape index (κ2) is 9.38. The summed E-state index contributed by atoms with van der Waals surface area (Å²) in [6, 6.07) is 7.54. The van der Waals surface area contributed by atoms with Crippen LogP contribution in [0.15, 0.2) is 48.9 Å². The molecule has 0 spiro atoms. The maximum Gasteiger partial charge on any atom is 0.276 e. The molecule has 2 aromatic carbocycles. The number of nitrogens with zero attached hydrogens (tertiary/aromatic N) is 4. The van der Waals surface area contributed by atoms with Crippen molar-refractivity contribution in [1.82, 2.24) is 19.6 Å². The Bertz CT molecular complexity index is 1370. The summed E-state index contributed by atoms with van der Waals surface area (Å²) in [5.74, 6) is -6.11. The molecule has 2 heterocycles. The number of carbonyl (C=O) groups is 1. The molecule has 0 bridgehead atoms. The summed E-state index contributed by atoms with van der Waals surface area (Å²) < 4.78 is 62.5. The molecule has 0 radical (unpaired) electrons. The van der Waals surface area contributed by atoms with Crippen LogP contribution in [0.3, 0.4) is 0 Å². The molecule has 1 N–H and O–H groups in total. The van der Waals surface area contributed by atoms with Gasteiger partial charge in [0, 0.05) is 24.0 Å². The lowest BCUT2D eigenvalue weighted by Gasteiger charge is -2.09. The summed E-state index contributed by atoms with van der Waals surface area (Å²) in [5, 5.41) is 10.6. The molecule has 7 nitrogen and oxygen atoms in total. The van der Waals surface area contributed by atoms with Crippen LogP contribution < -0.4 is 10.1 Å². The number of benzene rings is 2. The molecule has 0 saturated heterocycles. The van der Waals surface area contributed by atoms with Gasteiger partial charge in [-0.15, -0.1) is 0 Å². The second-order valence-corrected chi connectivity index (χ2v) is 7.61. The SMILES string of the molecule is Cc1ccc(OCn2ccc(C(=O)Nc3cnn(Cc4c(F)cc(F)c(F)c4F)c3)n2)c(C)c1. The van der Waals surface area contributed by atoms with Crippen LogP contribution in [0.2, 0.25) is 0 Å². The van der Waals surface area contributed by atoms with Gasteiger partial charge in [0.25, 0.3) is 5.91 Å². The zero-order valence-electron chi connectivity index (χ0n) is 18.2. The number of aromatic nitrogens is 4. The molecule has 1 amide bonds. The molecule has 0 fully saturated rings. The van der Waals surface area contributed by atoms with Gasteiger partial charge in [0.1, 0.15) is 11.6 Å². The van der Waals surface area contributed by atoms with Gasteiger partial charge >= 0.3 is 0 Å². The lowest BCUT2D eigenvalue weighted by molar-refractivity contribution is 0.102. The van der Waals surface area contributed by atoms with E-state index in [0.29, 0.717) is 5.75 Å². The van der Waals surface area contributed by atoms with Crippen LogP contribution in [0, 0.1) is 37.1 Å². The van der Waals surface area contributed by atoms with Crippen molar-refractivity contribution in [2.75, 3.05) is 5.32 Å². The highest BCUT2D eigenvalue weighted by molar-refractivity contribution is 6.02. The van der Waals surface area contributed by atoms with Crippen molar-refractivity contribution >= 4 is 11.6 Å². The van der Waals surface area contributed by atoms with E-state index < -0.39 is 41.3 Å². The molecule has 176 valence electrons. The number of nitrogens with one attached hydrogen (secondary N) is 1. The number of ether oxygens (including phenoxy) is 1. The van der Waals surface area contributed by atoms with Crippen molar-refractivity contribution in [3.05, 3.63) is 94.6 Å². The Balaban J connectivity index is 1.38. The Hall–Kier alpha value is -4.15. The van der Waals surface area contributed by atoms with Crippen LogP contribution in [0.1, 0.15) is 27.2 Å². The molecule has 0 aliphatic rings. The van der Waals surface area contributed by atoms with E-state index >= 15 is 0 Å². The molecular formula is C23H19F4N5O2. The first-order chi connectivity index (χ1) is 16.2. The van der Waals surface area contributed by atoms with Crippen molar-refractivity contribution < 1.29 is 27.1 Å². The zero-order valence-corrected chi connectivity index (χ0v) is 18.2. The topological polar surface area (TPSA) is 74.0 Å². The molecule has 0 atom stereocenters. The van der Waals surface area contributed by atoms with Crippen LogP contribution in [-0.4, -0.2) is 25.5 Å². The van der Waals surface area contributed by atoms with Crippen LogP contribution >= 0.6 is 0 Å². The van der Waals surface area contributed by atoms with Gasteiger partial charge in [-0.25, -0.2) is 22.2 Å². The lowest BCUT2D eigenvalue weighted by Crippen LogP contribution is -2.14. The predicted octanol–water partition coefficient (Wildman–Crippen LogP) is 4.59. The maximum absolute atomic E-state index is 13.9. The number of carbonyl (C=O) groups excluding carboxylic acids is 1. The molecule has 0 unspecified atom stereocenters. The Labute approximate surface area is 191 Å². The summed E-state index contributed by atoms with van der Waals surface area (Å²) in [6.45, 7) is 3.51. The van der Waals surface area contributed by atoms with Gasteiger partial charge in [0.05, 0.1) is 18.4 Å². The van der Waals surface area contributed by atoms with Crippen LogP contribution in [-0.2, 0) is 13.3 Å². The van der Waals surface area contributed by atoms with Crippen LogP contribution in [0.4, 0.5) is 23.2 Å². The van der Waals surface area contributed by atoms with E-state index in [2.05, 4.69) is 15.5 Å². The largest absolute Gasteiger partial charge is 0.471 e. The summed E-state index contributed by atoms with van der Waals surface area (Å²) in [6.07, 6.45) is 4.11. The highest BCUT2D eigenvalue weighted by atomic mass is 19.2. The van der Waals surface area contributed by atoms with Crippen molar-refractivity contribution in [3.8, 4) is 5.75 Å². The third kappa shape index (κ3) is 4.92. The third-order valence-corrected chi connectivity index (χ3v) is 4.98. The van der Waals surface area contributed by atoms with E-state index in [1.165, 1.54) is 23.1 Å². The molecule has 34 heavy (non-hydrogen) atoms. The Morgan fingerprint density at radius 1 is 1.03 bits per heavy atom. The Morgan fingerprint density at radius 2 is 1.82 bits per heavy atom. The fourth-order valence-corrected chi connectivity index (χ4v) is 3.27. The molecule has 4 rings (SSSR count). The monoisotopic (exact) mass is 473 g/mol. The first kappa shape index (κ1) is 23.0. The number of aryl methyl sites for hydroxylation is 2. The van der Waals surface area contributed by atoms with E-state index in [9.17, 15) is 22.4 Å². The number of hydrogen-bond donors (Lipinski definition) is 1. The Morgan fingerprint density at radius 3 is 2.59 bits per heavy atom. The number of rotatable bonds is 7. The average Bonchev–Trinajstić information content (AvgIpc) is 3.44. The molecule has 11 heteroatoms. The molecule has 0 aliphatic heterocycles. The van der Waals surface area contributed by atoms with Gasteiger partial charge in [-0.2, -0.15) is 10.2 Å². The number of amides is 1. The minimum Gasteiger partial charge on any atom is -0.471 e. The van der Waals surface area contributed by atoms with E-state index in [1.54, 1.807) is 6.20 Å². The van der Waals surface area contributed by atoms with Gasteiger partial charge in [-0.05, 0) is 31.5 Å². The molecule has 0 saturated carbocycles. The van der Waals surface area contributed by atoms with Crippen molar-refractivity contribution in [2.45, 2.75) is 27.1 Å². The smallest absolute Gasteiger partial charge is 0.276 e. The highest BCUT2D eigenvalue weighted by Gasteiger charge is 2.20. The van der Waals surface area contributed by atoms with Gasteiger partial charge in [0.15, 0.2) is 29.9 Å². The third-order valence-electron chi connectivity index (χ3n) is 4.98. The predicted molar refractivity (Wildman–Crippen MR) is 114 cm³/mol. The molecular weight excluding hydrogens is 454 g/mol. The van der Waals surface area contributed by atoms with Crippen molar-refractivity contribution in [3.63, 3.8) is 0 Å². The highest BCUT2D eigenvalue weighted by Crippen LogP contribution is 2.21. The summed E-state index contributed by atoms with van der Waals surface area (Å²) in [7, 11) is 0. The minimum atomic E-state index is -1.77. The average molecular weight is 473 g/mol. The summed E-state index contributed by atoms with van der Waals surface area (Å²) in [5.41, 5.74) is 1.73. The Kier molecular flexibility index (Phi) is 6.35. The number of halogens is 4. The van der Waals surface area contributed by atoms with E-state index in [4.69, 9.17) is 4.74 Å². The van der Waals surface area contributed by atoms with Gasteiger partial charge in [-0.3, -0.25) is 9.48 Å². The van der Waals surface area contributed by atoms with Crippen LogP contribution in [0.25, 0.3) is 0 Å². The van der Waals surface area contributed by atoms with Crippen molar-refractivity contribution in [2.24, 2.45) is 0 Å². The lowest BCUT2D eigenvalue weighted by atomic mass is 10.1. The number of anilines is 1. The maximum atomic E-state index is 13.9. The van der Waals surface area contributed by atoms with E-state index in [0.717, 1.165) is 15.8 Å². The van der Waals surface area contributed by atoms with Gasteiger partial charge in [-0.1, -0.05) is 17.7 Å². The summed E-state index contributed by atoms with van der Waals surface area (Å²) in [4.78, 5) is 12.5. The summed E-state index contributed by atoms with van der Waals surface area (Å²) >= 11 is 0.